The number of carbonyl (C=O) groups excluding carboxylic acids is 4. The second kappa shape index (κ2) is 18.5. The Morgan fingerprint density at radius 1 is 0.907 bits per heavy atom. The lowest BCUT2D eigenvalue weighted by Gasteiger charge is -2.34. The maximum atomic E-state index is 14.5. The van der Waals surface area contributed by atoms with Gasteiger partial charge in [-0.05, 0) is 82.9 Å². The van der Waals surface area contributed by atoms with E-state index in [1.807, 2.05) is 68.4 Å². The minimum atomic E-state index is -1.52. The van der Waals surface area contributed by atoms with Crippen molar-refractivity contribution in [2.75, 3.05) is 5.32 Å². The average molecular weight is 745 g/mol. The van der Waals surface area contributed by atoms with Gasteiger partial charge in [0.15, 0.2) is 0 Å². The van der Waals surface area contributed by atoms with Crippen molar-refractivity contribution in [3.8, 4) is 0 Å². The molecule has 0 radical (unpaired) electrons. The zero-order chi connectivity index (χ0) is 39.6. The summed E-state index contributed by atoms with van der Waals surface area (Å²) in [5.41, 5.74) is 15.9. The maximum absolute atomic E-state index is 14.5. The van der Waals surface area contributed by atoms with E-state index >= 15 is 0 Å². The number of aliphatic carboxylic acids is 2. The molecule has 14 heteroatoms. The normalized spacial score (nSPS) is 20.4. The zero-order valence-electron chi connectivity index (χ0n) is 31.0. The molecule has 0 spiro atoms. The summed E-state index contributed by atoms with van der Waals surface area (Å²) >= 11 is 0. The molecule has 0 aromatic heterocycles. The number of carboxylic acids is 2. The molecule has 2 aromatic carbocycles. The monoisotopic (exact) mass is 744 g/mol. The van der Waals surface area contributed by atoms with Crippen LogP contribution >= 0.6 is 0 Å². The number of primary amides is 1. The van der Waals surface area contributed by atoms with Gasteiger partial charge in [-0.25, -0.2) is 4.79 Å². The summed E-state index contributed by atoms with van der Waals surface area (Å²) in [4.78, 5) is 78.8. The highest BCUT2D eigenvalue weighted by Gasteiger charge is 2.60. The molecule has 1 fully saturated rings. The van der Waals surface area contributed by atoms with E-state index < -0.39 is 77.7 Å². The molecule has 4 amide bonds. The van der Waals surface area contributed by atoms with Crippen molar-refractivity contribution < 1.29 is 39.0 Å². The van der Waals surface area contributed by atoms with E-state index in [1.165, 1.54) is 10.5 Å². The molecule has 2 aliphatic rings. The molecule has 0 bridgehead atoms. The van der Waals surface area contributed by atoms with Crippen LogP contribution < -0.4 is 27.4 Å². The van der Waals surface area contributed by atoms with Gasteiger partial charge in [0.25, 0.3) is 0 Å². The third-order valence-electron chi connectivity index (χ3n) is 10.1. The lowest BCUT2D eigenvalue weighted by atomic mass is 9.74. The summed E-state index contributed by atoms with van der Waals surface area (Å²) in [5, 5.41) is 27.6. The van der Waals surface area contributed by atoms with Crippen LogP contribution in [0.1, 0.15) is 83.3 Å². The maximum Gasteiger partial charge on any atom is 0.326 e. The SMILES string of the molecule is CC(C)=CCC/C(C)=C/C[C@]12C[C@@H](C(=O)N[C@@H](CCC(=O)O)C(=O)N[C@@H](CCC(N)=O)C(=O)O)N(C(=O)[C@@H](N)Cc3ccccc3)[C@H]1Nc1ccccc12. The number of nitrogens with zero attached hydrogens (tertiary/aromatic N) is 1. The van der Waals surface area contributed by atoms with Crippen molar-refractivity contribution in [2.24, 2.45) is 11.5 Å². The average Bonchev–Trinajstić information content (AvgIpc) is 3.61. The van der Waals surface area contributed by atoms with Crippen LogP contribution in [0.4, 0.5) is 5.69 Å². The van der Waals surface area contributed by atoms with E-state index in [-0.39, 0.29) is 32.1 Å². The molecule has 290 valence electrons. The van der Waals surface area contributed by atoms with Gasteiger partial charge >= 0.3 is 11.9 Å². The smallest absolute Gasteiger partial charge is 0.326 e. The molecule has 54 heavy (non-hydrogen) atoms. The number of nitrogens with one attached hydrogen (secondary N) is 3. The highest BCUT2D eigenvalue weighted by molar-refractivity contribution is 5.96. The second-order valence-corrected chi connectivity index (χ2v) is 14.5. The van der Waals surface area contributed by atoms with Crippen molar-refractivity contribution in [3.05, 3.63) is 89.0 Å². The van der Waals surface area contributed by atoms with Crippen LogP contribution in [0.25, 0.3) is 0 Å². The number of carbonyl (C=O) groups is 6. The Morgan fingerprint density at radius 3 is 2.22 bits per heavy atom. The van der Waals surface area contributed by atoms with E-state index in [0.29, 0.717) is 6.42 Å². The number of rotatable bonds is 19. The number of likely N-dealkylation sites (tertiary alicyclic amines) is 1. The highest BCUT2D eigenvalue weighted by Crippen LogP contribution is 2.53. The van der Waals surface area contributed by atoms with Crippen molar-refractivity contribution in [2.45, 2.75) is 114 Å². The first-order valence-electron chi connectivity index (χ1n) is 18.2. The summed E-state index contributed by atoms with van der Waals surface area (Å²) < 4.78 is 0. The van der Waals surface area contributed by atoms with Crippen LogP contribution in [0.2, 0.25) is 0 Å². The molecular formula is C40H52N6O8. The molecule has 6 atom stereocenters. The summed E-state index contributed by atoms with van der Waals surface area (Å²) in [7, 11) is 0. The highest BCUT2D eigenvalue weighted by atomic mass is 16.4. The summed E-state index contributed by atoms with van der Waals surface area (Å²) in [5.74, 6) is -5.60. The largest absolute Gasteiger partial charge is 0.481 e. The number of amides is 4. The molecule has 2 aromatic rings. The van der Waals surface area contributed by atoms with Crippen LogP contribution in [0, 0.1) is 0 Å². The molecular weight excluding hydrogens is 692 g/mol. The van der Waals surface area contributed by atoms with E-state index in [1.54, 1.807) is 0 Å². The Morgan fingerprint density at radius 2 is 1.57 bits per heavy atom. The number of hydrogen-bond acceptors (Lipinski definition) is 8. The van der Waals surface area contributed by atoms with Crippen molar-refractivity contribution >= 4 is 41.3 Å². The number of para-hydroxylation sites is 1. The Labute approximate surface area is 315 Å². The lowest BCUT2D eigenvalue weighted by molar-refractivity contribution is -0.144. The van der Waals surface area contributed by atoms with Crippen LogP contribution in [-0.4, -0.2) is 81.0 Å². The Hall–Kier alpha value is -5.50. The third-order valence-corrected chi connectivity index (χ3v) is 10.1. The molecule has 0 aliphatic carbocycles. The molecule has 0 saturated carbocycles. The predicted molar refractivity (Wildman–Crippen MR) is 203 cm³/mol. The fourth-order valence-electron chi connectivity index (χ4n) is 7.28. The number of allylic oxidation sites excluding steroid dienone is 4. The van der Waals surface area contributed by atoms with Crippen molar-refractivity contribution in [1.82, 2.24) is 15.5 Å². The Kier molecular flexibility index (Phi) is 14.1. The standard InChI is InChI=1S/C40H52N6O8/c1-24(2)10-9-11-25(3)20-21-40-23-32(36(51)43-30(17-19-34(48)49)35(50)44-31(38(53)54)16-18-33(42)47)46(39(40)45-29-15-8-7-14-27(29)40)37(52)28(41)22-26-12-5-4-6-13-26/h4-8,10,12-15,20,28,30-32,39,45H,9,11,16-19,21-23,41H2,1-3H3,(H2,42,47)(H,43,51)(H,44,50)(H,48,49)(H,53,54)/b25-20+/t28-,30-,31-,32-,39+,40+/m0/s1. The van der Waals surface area contributed by atoms with Crippen LogP contribution in [0.5, 0.6) is 0 Å². The Balaban J connectivity index is 1.72. The van der Waals surface area contributed by atoms with E-state index in [0.717, 1.165) is 35.2 Å². The van der Waals surface area contributed by atoms with Gasteiger partial charge in [0.2, 0.25) is 23.6 Å². The van der Waals surface area contributed by atoms with Gasteiger partial charge in [-0.3, -0.25) is 24.0 Å². The van der Waals surface area contributed by atoms with Gasteiger partial charge < -0.3 is 42.5 Å². The van der Waals surface area contributed by atoms with Gasteiger partial charge in [0.1, 0.15) is 24.3 Å². The molecule has 0 unspecified atom stereocenters. The number of hydrogen-bond donors (Lipinski definition) is 7. The lowest BCUT2D eigenvalue weighted by Crippen LogP contribution is -2.59. The zero-order valence-corrected chi connectivity index (χ0v) is 31.0. The minimum absolute atomic E-state index is 0.151. The first-order valence-corrected chi connectivity index (χ1v) is 18.2. The molecule has 2 aliphatic heterocycles. The van der Waals surface area contributed by atoms with Crippen LogP contribution in [-0.2, 0) is 40.6 Å². The number of nitrogens with two attached hydrogens (primary N) is 2. The fraction of sp³-hybridized carbons (Fsp3) is 0.450. The van der Waals surface area contributed by atoms with Crippen LogP contribution in [0.15, 0.2) is 77.9 Å². The fourth-order valence-corrected chi connectivity index (χ4v) is 7.28. The van der Waals surface area contributed by atoms with E-state index in [4.69, 9.17) is 11.5 Å². The molecule has 1 saturated heterocycles. The number of benzene rings is 2. The van der Waals surface area contributed by atoms with Gasteiger partial charge in [-0.2, -0.15) is 0 Å². The van der Waals surface area contributed by atoms with Gasteiger partial charge in [-0.1, -0.05) is 71.8 Å². The third kappa shape index (κ3) is 10.3. The second-order valence-electron chi connectivity index (χ2n) is 14.5. The van der Waals surface area contributed by atoms with Crippen LogP contribution in [0.3, 0.4) is 0 Å². The van der Waals surface area contributed by atoms with Gasteiger partial charge in [-0.15, -0.1) is 0 Å². The molecule has 4 rings (SSSR count). The molecule has 2 heterocycles. The van der Waals surface area contributed by atoms with Crippen molar-refractivity contribution in [3.63, 3.8) is 0 Å². The molecule has 14 nitrogen and oxygen atoms in total. The summed E-state index contributed by atoms with van der Waals surface area (Å²) in [6.07, 6.45) is 4.61. The Bertz CT molecular complexity index is 1770. The summed E-state index contributed by atoms with van der Waals surface area (Å²) in [6, 6.07) is 11.8. The quantitative estimate of drug-likeness (QED) is 0.104. The van der Waals surface area contributed by atoms with E-state index in [2.05, 4.69) is 35.0 Å². The van der Waals surface area contributed by atoms with Gasteiger partial charge in [0, 0.05) is 23.9 Å². The number of anilines is 1. The first kappa shape index (κ1) is 41.3. The molecule has 9 N–H and O–H groups in total. The van der Waals surface area contributed by atoms with Crippen molar-refractivity contribution in [1.29, 1.82) is 0 Å². The van der Waals surface area contributed by atoms with E-state index in [9.17, 15) is 39.0 Å². The topological polar surface area (TPSA) is 234 Å². The van der Waals surface area contributed by atoms with Gasteiger partial charge in [0.05, 0.1) is 6.04 Å². The number of carboxylic acid groups (broad SMARTS) is 2. The number of fused-ring (bicyclic) bond motifs is 3. The first-order chi connectivity index (χ1) is 25.6. The summed E-state index contributed by atoms with van der Waals surface area (Å²) in [6.45, 7) is 6.15. The minimum Gasteiger partial charge on any atom is -0.481 e. The predicted octanol–water partition coefficient (Wildman–Crippen LogP) is 3.11.